The second-order valence-corrected chi connectivity index (χ2v) is 2.46. The molecule has 0 aromatic heterocycles. The number of rotatable bonds is 3. The fourth-order valence-electron chi connectivity index (χ4n) is 1.12. The number of hydrogen-bond donors (Lipinski definition) is 1. The van der Waals surface area contributed by atoms with Crippen LogP contribution in [0.2, 0.25) is 0 Å². The number of hydrogen-bond acceptors (Lipinski definition) is 4. The van der Waals surface area contributed by atoms with Crippen LogP contribution in [0, 0.1) is 10.1 Å². The van der Waals surface area contributed by atoms with Gasteiger partial charge in [-0.25, -0.2) is 0 Å². The third-order valence-electron chi connectivity index (χ3n) is 1.61. The summed E-state index contributed by atoms with van der Waals surface area (Å²) < 4.78 is 0. The maximum atomic E-state index is 10.1. The van der Waals surface area contributed by atoms with Crippen molar-refractivity contribution in [2.75, 3.05) is 19.6 Å². The van der Waals surface area contributed by atoms with Gasteiger partial charge in [-0.2, -0.15) is 0 Å². The maximum absolute atomic E-state index is 10.1. The van der Waals surface area contributed by atoms with Crippen molar-refractivity contribution in [3.8, 4) is 0 Å². The fourth-order valence-corrected chi connectivity index (χ4v) is 1.12. The van der Waals surface area contributed by atoms with Crippen molar-refractivity contribution in [1.29, 1.82) is 0 Å². The number of nitrogens with one attached hydrogen (secondary N) is 1. The molecule has 1 aliphatic rings. The molecule has 1 fully saturated rings. The molecule has 0 amide bonds. The molecular formula is C7H11N3O2. The normalized spacial score (nSPS) is 19.3. The Bertz CT molecular complexity index is 225. The lowest BCUT2D eigenvalue weighted by Crippen LogP contribution is -2.20. The first-order chi connectivity index (χ1) is 5.74. The van der Waals surface area contributed by atoms with Crippen LogP contribution in [0.15, 0.2) is 24.7 Å². The van der Waals surface area contributed by atoms with Gasteiger partial charge in [0.05, 0.1) is 4.92 Å². The van der Waals surface area contributed by atoms with E-state index in [4.69, 9.17) is 0 Å². The maximum Gasteiger partial charge on any atom is 0.274 e. The van der Waals surface area contributed by atoms with Crippen LogP contribution in [0.3, 0.4) is 0 Å². The summed E-state index contributed by atoms with van der Waals surface area (Å²) in [7, 11) is 0. The van der Waals surface area contributed by atoms with Gasteiger partial charge in [0.15, 0.2) is 5.82 Å². The zero-order valence-electron chi connectivity index (χ0n) is 6.69. The van der Waals surface area contributed by atoms with Crippen molar-refractivity contribution >= 4 is 0 Å². The van der Waals surface area contributed by atoms with Crippen molar-refractivity contribution < 1.29 is 4.92 Å². The molecule has 0 radical (unpaired) electrons. The van der Waals surface area contributed by atoms with E-state index in [0.717, 1.165) is 19.3 Å². The van der Waals surface area contributed by atoms with Gasteiger partial charge in [0.2, 0.25) is 0 Å². The Kier molecular flexibility index (Phi) is 2.68. The molecule has 0 spiro atoms. The Morgan fingerprint density at radius 1 is 1.83 bits per heavy atom. The van der Waals surface area contributed by atoms with Gasteiger partial charge in [-0.15, -0.1) is 6.58 Å². The first-order valence-corrected chi connectivity index (χ1v) is 3.69. The predicted molar refractivity (Wildman–Crippen MR) is 44.9 cm³/mol. The van der Waals surface area contributed by atoms with Gasteiger partial charge in [-0.3, -0.25) is 10.1 Å². The van der Waals surface area contributed by atoms with Crippen LogP contribution in [0.1, 0.15) is 0 Å². The van der Waals surface area contributed by atoms with E-state index in [1.807, 2.05) is 4.90 Å². The number of nitro groups is 1. The van der Waals surface area contributed by atoms with Gasteiger partial charge in [0.1, 0.15) is 0 Å². The molecule has 0 saturated carbocycles. The van der Waals surface area contributed by atoms with Crippen LogP contribution in [0.4, 0.5) is 0 Å². The van der Waals surface area contributed by atoms with E-state index in [1.54, 1.807) is 6.08 Å². The van der Waals surface area contributed by atoms with E-state index in [1.165, 1.54) is 0 Å². The van der Waals surface area contributed by atoms with Gasteiger partial charge in [0.25, 0.3) is 6.20 Å². The van der Waals surface area contributed by atoms with E-state index >= 15 is 0 Å². The summed E-state index contributed by atoms with van der Waals surface area (Å²) in [5, 5.41) is 13.1. The molecule has 0 bridgehead atoms. The zero-order valence-corrected chi connectivity index (χ0v) is 6.69. The minimum atomic E-state index is -0.455. The second-order valence-electron chi connectivity index (χ2n) is 2.46. The SMILES string of the molecule is C=CCN1CCN/C1=C\[N+](=O)[O-]. The summed E-state index contributed by atoms with van der Waals surface area (Å²) in [5.41, 5.74) is 0. The van der Waals surface area contributed by atoms with E-state index in [-0.39, 0.29) is 0 Å². The molecule has 66 valence electrons. The lowest BCUT2D eigenvalue weighted by Gasteiger charge is -2.13. The van der Waals surface area contributed by atoms with Crippen LogP contribution in [0.25, 0.3) is 0 Å². The molecule has 1 aliphatic heterocycles. The largest absolute Gasteiger partial charge is 0.365 e. The Morgan fingerprint density at radius 3 is 3.17 bits per heavy atom. The van der Waals surface area contributed by atoms with E-state index < -0.39 is 4.92 Å². The molecule has 5 nitrogen and oxygen atoms in total. The molecule has 5 heteroatoms. The lowest BCUT2D eigenvalue weighted by atomic mass is 10.5. The Hall–Kier alpha value is -1.52. The summed E-state index contributed by atoms with van der Waals surface area (Å²) in [5.74, 6) is 0.569. The molecule has 1 saturated heterocycles. The summed E-state index contributed by atoms with van der Waals surface area (Å²) >= 11 is 0. The molecular weight excluding hydrogens is 158 g/mol. The van der Waals surface area contributed by atoms with Crippen molar-refractivity contribution in [2.24, 2.45) is 0 Å². The average molecular weight is 169 g/mol. The highest BCUT2D eigenvalue weighted by molar-refractivity contribution is 5.01. The Balaban J connectivity index is 2.62. The summed E-state index contributed by atoms with van der Waals surface area (Å²) in [6.45, 7) is 5.77. The van der Waals surface area contributed by atoms with Crippen LogP contribution in [-0.2, 0) is 0 Å². The van der Waals surface area contributed by atoms with Crippen molar-refractivity contribution in [1.82, 2.24) is 10.2 Å². The zero-order chi connectivity index (χ0) is 8.97. The second kappa shape index (κ2) is 3.75. The third kappa shape index (κ3) is 1.98. The Morgan fingerprint density at radius 2 is 2.58 bits per heavy atom. The topological polar surface area (TPSA) is 58.4 Å². The third-order valence-corrected chi connectivity index (χ3v) is 1.61. The van der Waals surface area contributed by atoms with Gasteiger partial charge in [-0.1, -0.05) is 6.08 Å². The fraction of sp³-hybridized carbons (Fsp3) is 0.429. The molecule has 0 aliphatic carbocycles. The van der Waals surface area contributed by atoms with Gasteiger partial charge < -0.3 is 10.2 Å². The highest BCUT2D eigenvalue weighted by atomic mass is 16.6. The number of nitrogens with zero attached hydrogens (tertiary/aromatic N) is 2. The predicted octanol–water partition coefficient (Wildman–Crippen LogP) is 0.153. The minimum Gasteiger partial charge on any atom is -0.365 e. The molecule has 1 N–H and O–H groups in total. The van der Waals surface area contributed by atoms with Crippen LogP contribution in [-0.4, -0.2) is 29.5 Å². The van der Waals surface area contributed by atoms with Crippen LogP contribution in [0.5, 0.6) is 0 Å². The van der Waals surface area contributed by atoms with Crippen molar-refractivity contribution in [2.45, 2.75) is 0 Å². The quantitative estimate of drug-likeness (QED) is 0.371. The highest BCUT2D eigenvalue weighted by Gasteiger charge is 2.17. The highest BCUT2D eigenvalue weighted by Crippen LogP contribution is 2.05. The molecule has 1 heterocycles. The monoisotopic (exact) mass is 169 g/mol. The molecule has 0 atom stereocenters. The van der Waals surface area contributed by atoms with Gasteiger partial charge in [0, 0.05) is 19.6 Å². The van der Waals surface area contributed by atoms with Crippen molar-refractivity contribution in [3.63, 3.8) is 0 Å². The van der Waals surface area contributed by atoms with E-state index in [2.05, 4.69) is 11.9 Å². The molecule has 0 aromatic rings. The molecule has 1 rings (SSSR count). The summed E-state index contributed by atoms with van der Waals surface area (Å²) in [4.78, 5) is 11.6. The van der Waals surface area contributed by atoms with Gasteiger partial charge >= 0.3 is 0 Å². The smallest absolute Gasteiger partial charge is 0.274 e. The standard InChI is InChI=1S/C7H11N3O2/c1-2-4-9-5-3-8-7(9)6-10(11)12/h2,6,8H,1,3-5H2/b7-6+. The van der Waals surface area contributed by atoms with Crippen LogP contribution < -0.4 is 5.32 Å². The first-order valence-electron chi connectivity index (χ1n) is 3.69. The molecule has 0 aromatic carbocycles. The van der Waals surface area contributed by atoms with E-state index in [0.29, 0.717) is 12.4 Å². The summed E-state index contributed by atoms with van der Waals surface area (Å²) in [6, 6.07) is 0. The lowest BCUT2D eigenvalue weighted by molar-refractivity contribution is -0.404. The van der Waals surface area contributed by atoms with Crippen LogP contribution >= 0.6 is 0 Å². The minimum absolute atomic E-state index is 0.455. The average Bonchev–Trinajstić information content (AvgIpc) is 2.37. The Labute approximate surface area is 70.5 Å². The first kappa shape index (κ1) is 8.58. The molecule has 0 unspecified atom stereocenters. The van der Waals surface area contributed by atoms with E-state index in [9.17, 15) is 10.1 Å². The van der Waals surface area contributed by atoms with Crippen molar-refractivity contribution in [3.05, 3.63) is 34.8 Å². The molecule has 12 heavy (non-hydrogen) atoms. The van der Waals surface area contributed by atoms with Gasteiger partial charge in [-0.05, 0) is 0 Å². The summed E-state index contributed by atoms with van der Waals surface area (Å²) in [6.07, 6.45) is 2.71.